The number of morpholine rings is 1. The zero-order valence-electron chi connectivity index (χ0n) is 16.2. The summed E-state index contributed by atoms with van der Waals surface area (Å²) >= 11 is 0. The number of guanidine groups is 1. The van der Waals surface area contributed by atoms with Crippen LogP contribution >= 0.6 is 24.0 Å². The number of hydrogen-bond acceptors (Lipinski definition) is 4. The number of nitrogens with one attached hydrogen (secondary N) is 2. The second-order valence-electron chi connectivity index (χ2n) is 6.29. The highest BCUT2D eigenvalue weighted by molar-refractivity contribution is 14.0. The lowest BCUT2D eigenvalue weighted by molar-refractivity contribution is -0.0212. The van der Waals surface area contributed by atoms with Gasteiger partial charge in [-0.25, -0.2) is 0 Å². The molecule has 1 fully saturated rings. The lowest BCUT2D eigenvalue weighted by Crippen LogP contribution is -2.40. The quantitative estimate of drug-likeness (QED) is 0.261. The zero-order chi connectivity index (χ0) is 17.9. The minimum Gasteiger partial charge on any atom is -0.380 e. The second-order valence-corrected chi connectivity index (χ2v) is 6.29. The van der Waals surface area contributed by atoms with Crippen molar-refractivity contribution in [3.63, 3.8) is 0 Å². The highest BCUT2D eigenvalue weighted by Gasteiger charge is 2.16. The summed E-state index contributed by atoms with van der Waals surface area (Å²) in [6.07, 6.45) is 0.324. The lowest BCUT2D eigenvalue weighted by Gasteiger charge is -2.31. The Morgan fingerprint density at radius 2 is 2.15 bits per heavy atom. The van der Waals surface area contributed by atoms with E-state index in [4.69, 9.17) is 9.47 Å². The maximum atomic E-state index is 5.61. The van der Waals surface area contributed by atoms with Crippen LogP contribution in [0.3, 0.4) is 0 Å². The van der Waals surface area contributed by atoms with Crippen LogP contribution in [0.25, 0.3) is 0 Å². The first-order valence-electron chi connectivity index (χ1n) is 9.15. The van der Waals surface area contributed by atoms with Crippen molar-refractivity contribution in [2.75, 3.05) is 46.5 Å². The summed E-state index contributed by atoms with van der Waals surface area (Å²) in [5.41, 5.74) is 2.60. The first kappa shape index (κ1) is 23.1. The molecule has 1 aliphatic rings. The van der Waals surface area contributed by atoms with E-state index in [0.29, 0.717) is 12.7 Å². The van der Waals surface area contributed by atoms with Gasteiger partial charge in [0.05, 0.1) is 19.3 Å². The summed E-state index contributed by atoms with van der Waals surface area (Å²) in [7, 11) is 1.78. The van der Waals surface area contributed by atoms with Gasteiger partial charge in [0.25, 0.3) is 0 Å². The molecular formula is C19H33IN4O2. The molecule has 2 N–H and O–H groups in total. The Kier molecular flexibility index (Phi) is 11.8. The first-order valence-corrected chi connectivity index (χ1v) is 9.15. The number of aliphatic imine (C=N–C) groups is 1. The summed E-state index contributed by atoms with van der Waals surface area (Å²) in [6.45, 7) is 10.9. The monoisotopic (exact) mass is 476 g/mol. The number of ether oxygens (including phenoxy) is 2. The molecule has 2 rings (SSSR count). The highest BCUT2D eigenvalue weighted by Crippen LogP contribution is 2.12. The Balaban J connectivity index is 0.00000338. The van der Waals surface area contributed by atoms with E-state index in [1.807, 2.05) is 6.92 Å². The molecule has 0 aliphatic carbocycles. The van der Waals surface area contributed by atoms with Crippen molar-refractivity contribution in [1.29, 1.82) is 0 Å². The van der Waals surface area contributed by atoms with Crippen LogP contribution in [0, 0.1) is 0 Å². The van der Waals surface area contributed by atoms with Crippen molar-refractivity contribution < 1.29 is 9.47 Å². The molecule has 1 aliphatic heterocycles. The van der Waals surface area contributed by atoms with Crippen LogP contribution in [-0.2, 0) is 22.6 Å². The fourth-order valence-corrected chi connectivity index (χ4v) is 2.92. The van der Waals surface area contributed by atoms with Crippen LogP contribution in [-0.4, -0.2) is 63.5 Å². The Labute approximate surface area is 174 Å². The van der Waals surface area contributed by atoms with Crippen LogP contribution in [0.5, 0.6) is 0 Å². The average Bonchev–Trinajstić information content (AvgIpc) is 2.61. The molecule has 0 saturated carbocycles. The van der Waals surface area contributed by atoms with Gasteiger partial charge in [-0.2, -0.15) is 0 Å². The van der Waals surface area contributed by atoms with Crippen LogP contribution in [0.15, 0.2) is 29.3 Å². The van der Waals surface area contributed by atoms with Crippen molar-refractivity contribution >= 4 is 29.9 Å². The van der Waals surface area contributed by atoms with Crippen molar-refractivity contribution in [3.05, 3.63) is 35.4 Å². The predicted molar refractivity (Wildman–Crippen MR) is 117 cm³/mol. The fraction of sp³-hybridized carbons (Fsp3) is 0.632. The molecule has 1 saturated heterocycles. The average molecular weight is 476 g/mol. The minimum absolute atomic E-state index is 0. The summed E-state index contributed by atoms with van der Waals surface area (Å²) in [5, 5.41) is 6.60. The molecule has 0 spiro atoms. The largest absolute Gasteiger partial charge is 0.380 e. The van der Waals surface area contributed by atoms with E-state index in [1.54, 1.807) is 7.05 Å². The van der Waals surface area contributed by atoms with Crippen LogP contribution in [0.4, 0.5) is 0 Å². The van der Waals surface area contributed by atoms with Gasteiger partial charge in [-0.1, -0.05) is 24.3 Å². The fourth-order valence-electron chi connectivity index (χ4n) is 2.92. The van der Waals surface area contributed by atoms with Gasteiger partial charge >= 0.3 is 0 Å². The summed E-state index contributed by atoms with van der Waals surface area (Å²) < 4.78 is 10.9. The van der Waals surface area contributed by atoms with E-state index >= 15 is 0 Å². The second kappa shape index (κ2) is 13.3. The molecule has 7 heteroatoms. The molecule has 1 heterocycles. The van der Waals surface area contributed by atoms with Gasteiger partial charge in [-0.05, 0) is 25.0 Å². The summed E-state index contributed by atoms with van der Waals surface area (Å²) in [6, 6.07) is 8.73. The number of nitrogens with zero attached hydrogens (tertiary/aromatic N) is 2. The van der Waals surface area contributed by atoms with Crippen molar-refractivity contribution in [2.24, 2.45) is 4.99 Å². The molecule has 0 amide bonds. The molecule has 148 valence electrons. The Hall–Kier alpha value is -0.900. The van der Waals surface area contributed by atoms with Crippen LogP contribution in [0.2, 0.25) is 0 Å². The highest BCUT2D eigenvalue weighted by atomic mass is 127. The number of hydrogen-bond donors (Lipinski definition) is 2. The van der Waals surface area contributed by atoms with Gasteiger partial charge in [0.1, 0.15) is 0 Å². The molecule has 1 atom stereocenters. The molecule has 6 nitrogen and oxygen atoms in total. The van der Waals surface area contributed by atoms with E-state index < -0.39 is 0 Å². The van der Waals surface area contributed by atoms with Gasteiger partial charge in [0.15, 0.2) is 5.96 Å². The van der Waals surface area contributed by atoms with Gasteiger partial charge in [-0.3, -0.25) is 9.89 Å². The van der Waals surface area contributed by atoms with E-state index in [1.165, 1.54) is 11.1 Å². The number of benzene rings is 1. The molecule has 1 aromatic rings. The van der Waals surface area contributed by atoms with Crippen molar-refractivity contribution in [3.8, 4) is 0 Å². The van der Waals surface area contributed by atoms with Crippen LogP contribution in [0.1, 0.15) is 25.0 Å². The van der Waals surface area contributed by atoms with E-state index in [2.05, 4.69) is 51.7 Å². The summed E-state index contributed by atoms with van der Waals surface area (Å²) in [5.74, 6) is 0.798. The molecule has 1 aromatic carbocycles. The number of rotatable bonds is 8. The molecule has 26 heavy (non-hydrogen) atoms. The maximum Gasteiger partial charge on any atom is 0.191 e. The minimum atomic E-state index is 0. The van der Waals surface area contributed by atoms with Gasteiger partial charge in [-0.15, -0.1) is 24.0 Å². The third kappa shape index (κ3) is 8.66. The molecular weight excluding hydrogens is 443 g/mol. The molecule has 0 bridgehead atoms. The summed E-state index contributed by atoms with van der Waals surface area (Å²) in [4.78, 5) is 6.70. The lowest BCUT2D eigenvalue weighted by atomic mass is 10.1. The van der Waals surface area contributed by atoms with E-state index in [9.17, 15) is 0 Å². The maximum absolute atomic E-state index is 5.61. The van der Waals surface area contributed by atoms with Crippen molar-refractivity contribution in [1.82, 2.24) is 15.5 Å². The normalized spacial score (nSPS) is 18.3. The molecule has 0 radical (unpaired) electrons. The Morgan fingerprint density at radius 1 is 1.35 bits per heavy atom. The SMILES string of the molecule is CCOCCNC(=NC)NCc1cccc(CN2CCOC(C)C2)c1.I. The Morgan fingerprint density at radius 3 is 2.88 bits per heavy atom. The third-order valence-electron chi connectivity index (χ3n) is 4.15. The smallest absolute Gasteiger partial charge is 0.191 e. The van der Waals surface area contributed by atoms with Gasteiger partial charge in [0, 0.05) is 46.4 Å². The first-order chi connectivity index (χ1) is 12.2. The number of halogens is 1. The van der Waals surface area contributed by atoms with Gasteiger partial charge in [0.2, 0.25) is 0 Å². The molecule has 0 aromatic heterocycles. The third-order valence-corrected chi connectivity index (χ3v) is 4.15. The van der Waals surface area contributed by atoms with Gasteiger partial charge < -0.3 is 20.1 Å². The topological polar surface area (TPSA) is 58.1 Å². The van der Waals surface area contributed by atoms with Crippen LogP contribution < -0.4 is 10.6 Å². The Bertz CT molecular complexity index is 542. The van der Waals surface area contributed by atoms with Crippen molar-refractivity contribution in [2.45, 2.75) is 33.0 Å². The van der Waals surface area contributed by atoms with E-state index in [-0.39, 0.29) is 24.0 Å². The molecule has 1 unspecified atom stereocenters. The standard InChI is InChI=1S/C19H32N4O2.HI/c1-4-24-10-8-21-19(20-3)22-13-17-6-5-7-18(12-17)15-23-9-11-25-16(2)14-23;/h5-7,12,16H,4,8-11,13-15H2,1-3H3,(H2,20,21,22);1H. The zero-order valence-corrected chi connectivity index (χ0v) is 18.5. The van der Waals surface area contributed by atoms with E-state index in [0.717, 1.165) is 51.9 Å². The predicted octanol–water partition coefficient (Wildman–Crippen LogP) is 2.23.